The molecule has 2 bridgehead atoms. The highest BCUT2D eigenvalue weighted by Gasteiger charge is 2.56. The van der Waals surface area contributed by atoms with E-state index in [1.165, 1.54) is 0 Å². The third kappa shape index (κ3) is 5.74. The Morgan fingerprint density at radius 1 is 0.696 bits per heavy atom. The van der Waals surface area contributed by atoms with Gasteiger partial charge in [-0.15, -0.1) is 0 Å². The first-order valence-electron chi connectivity index (χ1n) is 8.56. The van der Waals surface area contributed by atoms with Gasteiger partial charge in [0.15, 0.2) is 31.2 Å². The Morgan fingerprint density at radius 3 is 1.65 bits per heavy atom. The Bertz CT molecular complexity index is 413. The Hall–Kier alpha value is 0.451. The van der Waals surface area contributed by atoms with Crippen LogP contribution in [0.5, 0.6) is 0 Å². The minimum Gasteiger partial charge on any atom is -0.410 e. The molecule has 2 heterocycles. The number of hydrogen-bond donors (Lipinski definition) is 0. The first kappa shape index (κ1) is 19.8. The van der Waals surface area contributed by atoms with Crippen LogP contribution in [-0.2, 0) is 22.8 Å². The maximum atomic E-state index is 6.48. The molecule has 0 N–H and O–H groups in total. The van der Waals surface area contributed by atoms with Gasteiger partial charge < -0.3 is 22.8 Å². The summed E-state index contributed by atoms with van der Waals surface area (Å²) in [6.45, 7) is 20.3. The molecule has 2 aliphatic heterocycles. The Balaban J connectivity index is 2.21. The average Bonchev–Trinajstić information content (AvgIpc) is 2.53. The summed E-state index contributed by atoms with van der Waals surface area (Å²) in [5.74, 6) is 0. The second-order valence-electron chi connectivity index (χ2n) is 9.46. The summed E-state index contributed by atoms with van der Waals surface area (Å²) in [7, 11) is -5.13. The lowest BCUT2D eigenvalue weighted by atomic mass is 10.1. The molecule has 0 aromatic carbocycles. The minimum atomic E-state index is -1.73. The number of hydrogen-bond acceptors (Lipinski definition) is 5. The van der Waals surface area contributed by atoms with Gasteiger partial charge in [-0.3, -0.25) is 0 Å². The van der Waals surface area contributed by atoms with E-state index in [0.29, 0.717) is 6.61 Å². The van der Waals surface area contributed by atoms with E-state index in [9.17, 15) is 0 Å². The van der Waals surface area contributed by atoms with Crippen molar-refractivity contribution in [1.82, 2.24) is 0 Å². The Labute approximate surface area is 144 Å². The zero-order chi connectivity index (χ0) is 17.6. The van der Waals surface area contributed by atoms with Crippen LogP contribution in [0.4, 0.5) is 0 Å². The van der Waals surface area contributed by atoms with Crippen molar-refractivity contribution in [2.24, 2.45) is 0 Å². The van der Waals surface area contributed by atoms with Crippen molar-refractivity contribution >= 4 is 25.0 Å². The van der Waals surface area contributed by atoms with E-state index in [4.69, 9.17) is 22.8 Å². The van der Waals surface area contributed by atoms with E-state index in [2.05, 4.69) is 58.9 Å². The predicted octanol–water partition coefficient (Wildman–Crippen LogP) is 3.40. The molecule has 5 atom stereocenters. The molecule has 0 saturated carbocycles. The lowest BCUT2D eigenvalue weighted by Crippen LogP contribution is -2.51. The lowest BCUT2D eigenvalue weighted by molar-refractivity contribution is -0.228. The van der Waals surface area contributed by atoms with E-state index in [0.717, 1.165) is 0 Å². The maximum Gasteiger partial charge on any atom is 0.185 e. The van der Waals surface area contributed by atoms with Gasteiger partial charge in [-0.05, 0) is 58.9 Å². The highest BCUT2D eigenvalue weighted by molar-refractivity contribution is 6.70. The molecule has 0 spiro atoms. The van der Waals surface area contributed by atoms with Crippen molar-refractivity contribution in [1.29, 1.82) is 0 Å². The number of fused-ring (bicyclic) bond motifs is 2. The molecule has 5 nitrogen and oxygen atoms in total. The first-order valence-corrected chi connectivity index (χ1v) is 18.8. The molecule has 0 aromatic rings. The van der Waals surface area contributed by atoms with Gasteiger partial charge in [-0.1, -0.05) is 0 Å². The van der Waals surface area contributed by atoms with Gasteiger partial charge in [0.2, 0.25) is 0 Å². The highest BCUT2D eigenvalue weighted by atomic mass is 28.4. The quantitative estimate of drug-likeness (QED) is 0.663. The largest absolute Gasteiger partial charge is 0.410 e. The van der Waals surface area contributed by atoms with Crippen LogP contribution in [0.2, 0.25) is 58.9 Å². The summed E-state index contributed by atoms with van der Waals surface area (Å²) < 4.78 is 31.3. The van der Waals surface area contributed by atoms with Crippen molar-refractivity contribution in [3.8, 4) is 0 Å². The van der Waals surface area contributed by atoms with Crippen LogP contribution in [-0.4, -0.2) is 62.3 Å². The van der Waals surface area contributed by atoms with Gasteiger partial charge in [0.25, 0.3) is 0 Å². The van der Waals surface area contributed by atoms with Crippen molar-refractivity contribution in [2.45, 2.75) is 89.6 Å². The molecule has 136 valence electrons. The maximum absolute atomic E-state index is 6.48. The first-order chi connectivity index (χ1) is 10.3. The lowest BCUT2D eigenvalue weighted by Gasteiger charge is -2.36. The van der Waals surface area contributed by atoms with Crippen molar-refractivity contribution < 1.29 is 22.8 Å². The fourth-order valence-electron chi connectivity index (χ4n) is 3.00. The fraction of sp³-hybridized carbons (Fsp3) is 1.00. The van der Waals surface area contributed by atoms with E-state index in [1.807, 2.05) is 0 Å². The zero-order valence-electron chi connectivity index (χ0n) is 16.1. The topological polar surface area (TPSA) is 46.2 Å². The van der Waals surface area contributed by atoms with Gasteiger partial charge in [0.05, 0.1) is 12.7 Å². The fourth-order valence-corrected chi connectivity index (χ4v) is 6.25. The second kappa shape index (κ2) is 6.64. The van der Waals surface area contributed by atoms with Crippen molar-refractivity contribution in [2.75, 3.05) is 6.61 Å². The molecular weight excluding hydrogens is 344 g/mol. The van der Waals surface area contributed by atoms with E-state index in [1.54, 1.807) is 0 Å². The molecule has 0 radical (unpaired) electrons. The normalized spacial score (nSPS) is 35.6. The smallest absolute Gasteiger partial charge is 0.185 e. The monoisotopic (exact) mass is 378 g/mol. The molecular formula is C15H34O5Si3. The van der Waals surface area contributed by atoms with Crippen LogP contribution in [0.25, 0.3) is 0 Å². The predicted molar refractivity (Wildman–Crippen MR) is 99.3 cm³/mol. The highest BCUT2D eigenvalue weighted by Crippen LogP contribution is 2.38. The van der Waals surface area contributed by atoms with E-state index in [-0.39, 0.29) is 30.7 Å². The van der Waals surface area contributed by atoms with Crippen LogP contribution < -0.4 is 0 Å². The molecule has 0 aromatic heterocycles. The van der Waals surface area contributed by atoms with Gasteiger partial charge >= 0.3 is 0 Å². The molecule has 1 unspecified atom stereocenters. The Kier molecular flexibility index (Phi) is 5.71. The summed E-state index contributed by atoms with van der Waals surface area (Å²) in [5, 5.41) is 0. The molecule has 23 heavy (non-hydrogen) atoms. The minimum absolute atomic E-state index is 0.0606. The molecule has 0 amide bonds. The zero-order valence-corrected chi connectivity index (χ0v) is 19.1. The second-order valence-corrected chi connectivity index (χ2v) is 22.8. The van der Waals surface area contributed by atoms with Crippen molar-refractivity contribution in [3.05, 3.63) is 0 Å². The summed E-state index contributed by atoms with van der Waals surface area (Å²) in [6, 6.07) is 0. The van der Waals surface area contributed by atoms with Crippen LogP contribution in [0.15, 0.2) is 0 Å². The molecule has 2 aliphatic rings. The van der Waals surface area contributed by atoms with E-state index >= 15 is 0 Å². The SMILES string of the molecule is C[Si](C)(C)O[C@H]1[C@@H]2OC(OC[C@H]2O[Si](C)(C)C)[C@@H]1O[Si](C)(C)C. The van der Waals surface area contributed by atoms with Gasteiger partial charge in [0.1, 0.15) is 18.3 Å². The molecule has 2 rings (SSSR count). The van der Waals surface area contributed by atoms with Gasteiger partial charge in [-0.25, -0.2) is 0 Å². The summed E-state index contributed by atoms with van der Waals surface area (Å²) in [5.41, 5.74) is 0. The van der Waals surface area contributed by atoms with Crippen LogP contribution in [0, 0.1) is 0 Å². The number of rotatable bonds is 6. The van der Waals surface area contributed by atoms with Crippen LogP contribution in [0.3, 0.4) is 0 Å². The van der Waals surface area contributed by atoms with E-state index < -0.39 is 25.0 Å². The third-order valence-corrected chi connectivity index (χ3v) is 6.45. The molecule has 2 fully saturated rings. The van der Waals surface area contributed by atoms with Crippen molar-refractivity contribution in [3.63, 3.8) is 0 Å². The Morgan fingerprint density at radius 2 is 1.17 bits per heavy atom. The van der Waals surface area contributed by atoms with Gasteiger partial charge in [0, 0.05) is 0 Å². The average molecular weight is 379 g/mol. The van der Waals surface area contributed by atoms with Crippen LogP contribution in [0.1, 0.15) is 0 Å². The summed E-state index contributed by atoms with van der Waals surface area (Å²) >= 11 is 0. The molecule has 2 saturated heterocycles. The summed E-state index contributed by atoms with van der Waals surface area (Å²) in [4.78, 5) is 0. The van der Waals surface area contributed by atoms with Gasteiger partial charge in [-0.2, -0.15) is 0 Å². The summed E-state index contributed by atoms with van der Waals surface area (Å²) in [6.07, 6.45) is -0.714. The molecule has 8 heteroatoms. The third-order valence-electron chi connectivity index (χ3n) is 3.48. The number of ether oxygens (including phenoxy) is 2. The molecule has 0 aliphatic carbocycles. The standard InChI is InChI=1S/C15H34O5Si3/c1-21(2,3)18-11-10-16-15-14(20-23(7,8)9)13(12(11)17-15)19-22(4,5)6/h11-15H,10H2,1-9H3/t11-,12-,13+,14-,15?/m1/s1. The van der Waals surface area contributed by atoms with Crippen LogP contribution >= 0.6 is 0 Å².